The minimum Gasteiger partial charge on any atom is -0.465 e. The molecule has 0 aliphatic rings. The van der Waals surface area contributed by atoms with Crippen molar-refractivity contribution in [3.05, 3.63) is 12.7 Å². The van der Waals surface area contributed by atoms with E-state index in [-0.39, 0.29) is 25.0 Å². The smallest absolute Gasteiger partial charge is 0.320 e. The molecule has 0 aliphatic heterocycles. The Hall–Kier alpha value is -1.36. The highest BCUT2D eigenvalue weighted by atomic mass is 16.5. The third-order valence-corrected chi connectivity index (χ3v) is 1.56. The number of likely N-dealkylation sites (N-methyl/N-ethyl adjacent to an activating group) is 1. The molecule has 0 aromatic rings. The van der Waals surface area contributed by atoms with E-state index in [0.717, 1.165) is 0 Å². The van der Waals surface area contributed by atoms with Crippen LogP contribution in [0.3, 0.4) is 0 Å². The maximum Gasteiger partial charge on any atom is 0.320 e. The van der Waals surface area contributed by atoms with E-state index in [0.29, 0.717) is 13.2 Å². The van der Waals surface area contributed by atoms with Gasteiger partial charge in [-0.25, -0.2) is 0 Å². The lowest BCUT2D eigenvalue weighted by molar-refractivity contribution is -0.144. The average molecular weight is 214 g/mol. The number of nitrogens with one attached hydrogen (secondary N) is 1. The quantitative estimate of drug-likeness (QED) is 0.470. The van der Waals surface area contributed by atoms with Crippen LogP contribution in [0.15, 0.2) is 12.7 Å². The van der Waals surface area contributed by atoms with Crippen LogP contribution in [0.1, 0.15) is 6.92 Å². The molecular formula is C10H18N2O3. The molecule has 0 saturated carbocycles. The summed E-state index contributed by atoms with van der Waals surface area (Å²) in [6.07, 6.45) is 1.60. The largest absolute Gasteiger partial charge is 0.465 e. The van der Waals surface area contributed by atoms with Crippen LogP contribution in [0.4, 0.5) is 0 Å². The minimum atomic E-state index is -0.323. The van der Waals surface area contributed by atoms with E-state index in [9.17, 15) is 9.59 Å². The third-order valence-electron chi connectivity index (χ3n) is 1.56. The Morgan fingerprint density at radius 3 is 2.67 bits per heavy atom. The lowest BCUT2D eigenvalue weighted by Crippen LogP contribution is -2.38. The number of hydrogen-bond acceptors (Lipinski definition) is 4. The van der Waals surface area contributed by atoms with Crippen molar-refractivity contribution in [3.63, 3.8) is 0 Å². The van der Waals surface area contributed by atoms with Crippen LogP contribution in [0.25, 0.3) is 0 Å². The molecule has 0 aromatic carbocycles. The van der Waals surface area contributed by atoms with Crippen LogP contribution in [0, 0.1) is 0 Å². The lowest BCUT2D eigenvalue weighted by atomic mass is 10.4. The number of esters is 1. The second kappa shape index (κ2) is 7.99. The molecule has 0 spiro atoms. The van der Waals surface area contributed by atoms with Crippen molar-refractivity contribution < 1.29 is 14.3 Å². The lowest BCUT2D eigenvalue weighted by Gasteiger charge is -2.14. The summed E-state index contributed by atoms with van der Waals surface area (Å²) in [6, 6.07) is 0. The van der Waals surface area contributed by atoms with E-state index >= 15 is 0 Å². The van der Waals surface area contributed by atoms with E-state index in [2.05, 4.69) is 11.9 Å². The first kappa shape index (κ1) is 13.6. The summed E-state index contributed by atoms with van der Waals surface area (Å²) < 4.78 is 4.75. The van der Waals surface area contributed by atoms with Gasteiger partial charge in [0.05, 0.1) is 19.7 Å². The Kier molecular flexibility index (Phi) is 7.27. The van der Waals surface area contributed by atoms with Gasteiger partial charge in [-0.3, -0.25) is 14.5 Å². The second-order valence-corrected chi connectivity index (χ2v) is 3.07. The monoisotopic (exact) mass is 214 g/mol. The van der Waals surface area contributed by atoms with Crippen LogP contribution in [0.2, 0.25) is 0 Å². The number of rotatable bonds is 7. The van der Waals surface area contributed by atoms with E-state index in [4.69, 9.17) is 4.74 Å². The van der Waals surface area contributed by atoms with E-state index in [1.807, 2.05) is 0 Å². The van der Waals surface area contributed by atoms with Gasteiger partial charge in [0.25, 0.3) is 0 Å². The molecule has 0 saturated heterocycles. The van der Waals surface area contributed by atoms with Crippen molar-refractivity contribution >= 4 is 11.9 Å². The highest BCUT2D eigenvalue weighted by Crippen LogP contribution is 1.85. The molecule has 1 N–H and O–H groups in total. The summed E-state index contributed by atoms with van der Waals surface area (Å²) >= 11 is 0. The van der Waals surface area contributed by atoms with E-state index in [1.54, 1.807) is 24.9 Å². The maximum atomic E-state index is 11.2. The zero-order chi connectivity index (χ0) is 11.7. The number of hydrogen-bond donors (Lipinski definition) is 1. The van der Waals surface area contributed by atoms with Crippen LogP contribution in [-0.4, -0.2) is 50.1 Å². The van der Waals surface area contributed by atoms with Crippen molar-refractivity contribution in [1.29, 1.82) is 0 Å². The summed E-state index contributed by atoms with van der Waals surface area (Å²) in [7, 11) is 1.68. The molecule has 0 unspecified atom stereocenters. The van der Waals surface area contributed by atoms with Crippen LogP contribution < -0.4 is 5.32 Å². The van der Waals surface area contributed by atoms with E-state index in [1.165, 1.54) is 0 Å². The molecule has 1 amide bonds. The van der Waals surface area contributed by atoms with Crippen LogP contribution >= 0.6 is 0 Å². The highest BCUT2D eigenvalue weighted by molar-refractivity contribution is 5.79. The summed E-state index contributed by atoms with van der Waals surface area (Å²) in [4.78, 5) is 23.8. The highest BCUT2D eigenvalue weighted by Gasteiger charge is 2.10. The van der Waals surface area contributed by atoms with Crippen molar-refractivity contribution in [2.45, 2.75) is 6.92 Å². The molecule has 0 fully saturated rings. The zero-order valence-electron chi connectivity index (χ0n) is 9.28. The van der Waals surface area contributed by atoms with Gasteiger partial charge in [0.2, 0.25) is 5.91 Å². The van der Waals surface area contributed by atoms with Crippen molar-refractivity contribution in [1.82, 2.24) is 10.2 Å². The fourth-order valence-corrected chi connectivity index (χ4v) is 0.970. The van der Waals surface area contributed by atoms with Gasteiger partial charge in [-0.15, -0.1) is 6.58 Å². The van der Waals surface area contributed by atoms with Crippen molar-refractivity contribution in [3.8, 4) is 0 Å². The zero-order valence-corrected chi connectivity index (χ0v) is 9.28. The topological polar surface area (TPSA) is 58.6 Å². The van der Waals surface area contributed by atoms with Crippen LogP contribution in [0.5, 0.6) is 0 Å². The normalized spacial score (nSPS) is 9.80. The number of carbonyl (C=O) groups is 2. The fourth-order valence-electron chi connectivity index (χ4n) is 0.970. The molecular weight excluding hydrogens is 196 g/mol. The van der Waals surface area contributed by atoms with Gasteiger partial charge in [0, 0.05) is 6.54 Å². The van der Waals surface area contributed by atoms with Crippen molar-refractivity contribution in [2.75, 3.05) is 33.3 Å². The Labute approximate surface area is 90.1 Å². The van der Waals surface area contributed by atoms with Gasteiger partial charge >= 0.3 is 5.97 Å². The summed E-state index contributed by atoms with van der Waals surface area (Å²) in [5, 5.41) is 2.62. The van der Waals surface area contributed by atoms with Gasteiger partial charge in [0.15, 0.2) is 0 Å². The number of ether oxygens (including phenoxy) is 1. The average Bonchev–Trinajstić information content (AvgIpc) is 2.14. The molecule has 0 aromatic heterocycles. The van der Waals surface area contributed by atoms with Gasteiger partial charge < -0.3 is 10.1 Å². The van der Waals surface area contributed by atoms with Crippen LogP contribution in [-0.2, 0) is 14.3 Å². The first-order chi connectivity index (χ1) is 7.10. The standard InChI is InChI=1S/C10H18N2O3/c1-4-6-11-9(13)7-12(3)8-10(14)15-5-2/h4H,1,5-8H2,2-3H3,(H,11,13). The third kappa shape index (κ3) is 7.69. The molecule has 0 heterocycles. The number of amides is 1. The SMILES string of the molecule is C=CCNC(=O)CN(C)CC(=O)OCC. The first-order valence-electron chi connectivity index (χ1n) is 4.81. The molecule has 0 atom stereocenters. The van der Waals surface area contributed by atoms with Gasteiger partial charge in [0.1, 0.15) is 0 Å². The fraction of sp³-hybridized carbons (Fsp3) is 0.600. The Balaban J connectivity index is 3.72. The molecule has 15 heavy (non-hydrogen) atoms. The van der Waals surface area contributed by atoms with Gasteiger partial charge in [-0.05, 0) is 14.0 Å². The predicted octanol–water partition coefficient (Wildman–Crippen LogP) is -0.216. The Morgan fingerprint density at radius 2 is 2.13 bits per heavy atom. The maximum absolute atomic E-state index is 11.2. The summed E-state index contributed by atoms with van der Waals surface area (Å²) in [5.41, 5.74) is 0. The first-order valence-corrected chi connectivity index (χ1v) is 4.81. The Bertz CT molecular complexity index is 229. The molecule has 0 bridgehead atoms. The summed E-state index contributed by atoms with van der Waals surface area (Å²) in [6.45, 7) is 6.31. The van der Waals surface area contributed by atoms with Crippen molar-refractivity contribution in [2.24, 2.45) is 0 Å². The predicted molar refractivity (Wildman–Crippen MR) is 57.3 cm³/mol. The molecule has 5 heteroatoms. The molecule has 5 nitrogen and oxygen atoms in total. The minimum absolute atomic E-state index is 0.120. The molecule has 86 valence electrons. The molecule has 0 radical (unpaired) electrons. The summed E-state index contributed by atoms with van der Waals surface area (Å²) in [5.74, 6) is -0.460. The molecule has 0 aliphatic carbocycles. The second-order valence-electron chi connectivity index (χ2n) is 3.07. The van der Waals surface area contributed by atoms with Gasteiger partial charge in [-0.2, -0.15) is 0 Å². The van der Waals surface area contributed by atoms with Gasteiger partial charge in [-0.1, -0.05) is 6.08 Å². The van der Waals surface area contributed by atoms with E-state index < -0.39 is 0 Å². The Morgan fingerprint density at radius 1 is 1.47 bits per heavy atom. The molecule has 0 rings (SSSR count). The number of nitrogens with zero attached hydrogens (tertiary/aromatic N) is 1. The number of carbonyl (C=O) groups excluding carboxylic acids is 2.